The lowest BCUT2D eigenvalue weighted by Crippen LogP contribution is -2.37. The second-order valence-corrected chi connectivity index (χ2v) is 6.32. The van der Waals surface area contributed by atoms with Crippen molar-refractivity contribution in [1.29, 1.82) is 0 Å². The van der Waals surface area contributed by atoms with Crippen LogP contribution in [0.15, 0.2) is 30.3 Å². The van der Waals surface area contributed by atoms with E-state index >= 15 is 0 Å². The Bertz CT molecular complexity index is 462. The number of amides is 1. The second-order valence-electron chi connectivity index (χ2n) is 6.32. The second kappa shape index (κ2) is 6.55. The molecule has 20 heavy (non-hydrogen) atoms. The van der Waals surface area contributed by atoms with Gasteiger partial charge in [0.15, 0.2) is 0 Å². The van der Waals surface area contributed by atoms with Crippen molar-refractivity contribution >= 4 is 11.9 Å². The summed E-state index contributed by atoms with van der Waals surface area (Å²) in [5.41, 5.74) is 0.683. The largest absolute Gasteiger partial charge is 0.481 e. The zero-order chi connectivity index (χ0) is 15.3. The normalized spacial score (nSPS) is 14.4. The fourth-order valence-electron chi connectivity index (χ4n) is 2.01. The summed E-state index contributed by atoms with van der Waals surface area (Å²) in [6.07, 6.45) is 0.364. The Morgan fingerprint density at radius 3 is 2.20 bits per heavy atom. The summed E-state index contributed by atoms with van der Waals surface area (Å²) in [4.78, 5) is 23.3. The predicted molar refractivity (Wildman–Crippen MR) is 78.2 cm³/mol. The smallest absolute Gasteiger partial charge is 0.308 e. The van der Waals surface area contributed by atoms with Crippen LogP contribution in [-0.2, 0) is 9.59 Å². The van der Waals surface area contributed by atoms with Gasteiger partial charge in [-0.05, 0) is 17.9 Å². The van der Waals surface area contributed by atoms with E-state index in [2.05, 4.69) is 5.32 Å². The first-order chi connectivity index (χ1) is 9.20. The Kier molecular flexibility index (Phi) is 5.31. The summed E-state index contributed by atoms with van der Waals surface area (Å²) < 4.78 is 0. The van der Waals surface area contributed by atoms with Crippen LogP contribution in [0.5, 0.6) is 0 Å². The van der Waals surface area contributed by atoms with Gasteiger partial charge in [-0.2, -0.15) is 0 Å². The number of nitrogens with one attached hydrogen (secondary N) is 1. The highest BCUT2D eigenvalue weighted by Crippen LogP contribution is 2.24. The van der Waals surface area contributed by atoms with Crippen molar-refractivity contribution in [3.63, 3.8) is 0 Å². The monoisotopic (exact) mass is 277 g/mol. The molecule has 0 aromatic heterocycles. The van der Waals surface area contributed by atoms with Crippen molar-refractivity contribution in [1.82, 2.24) is 5.32 Å². The van der Waals surface area contributed by atoms with E-state index in [1.54, 1.807) is 6.92 Å². The molecule has 1 aromatic rings. The lowest BCUT2D eigenvalue weighted by atomic mass is 9.90. The van der Waals surface area contributed by atoms with Gasteiger partial charge in [0.05, 0.1) is 12.0 Å². The summed E-state index contributed by atoms with van der Waals surface area (Å²) in [6, 6.07) is 8.70. The van der Waals surface area contributed by atoms with Gasteiger partial charge in [-0.15, -0.1) is 0 Å². The number of benzene rings is 1. The van der Waals surface area contributed by atoms with Crippen LogP contribution in [-0.4, -0.2) is 17.0 Å². The van der Waals surface area contributed by atoms with Gasteiger partial charge in [-0.25, -0.2) is 0 Å². The molecule has 1 rings (SSSR count). The highest BCUT2D eigenvalue weighted by atomic mass is 16.4. The van der Waals surface area contributed by atoms with E-state index < -0.39 is 17.9 Å². The first kappa shape index (κ1) is 16.2. The molecule has 110 valence electrons. The molecular weight excluding hydrogens is 254 g/mol. The third kappa shape index (κ3) is 5.03. The molecular formula is C16H23NO3. The van der Waals surface area contributed by atoms with Crippen LogP contribution in [0.3, 0.4) is 0 Å². The maximum absolute atomic E-state index is 12.1. The number of hydrogen-bond acceptors (Lipinski definition) is 2. The summed E-state index contributed by atoms with van der Waals surface area (Å²) in [5, 5.41) is 12.1. The molecule has 0 saturated heterocycles. The lowest BCUT2D eigenvalue weighted by Gasteiger charge is -2.25. The van der Waals surface area contributed by atoms with Crippen LogP contribution in [0.4, 0.5) is 0 Å². The SMILES string of the molecule is CC(C(=O)O)C(NC(=O)CC(C)(C)C)c1ccccc1. The number of aliphatic carboxylic acids is 1. The van der Waals surface area contributed by atoms with E-state index in [-0.39, 0.29) is 11.3 Å². The first-order valence-electron chi connectivity index (χ1n) is 6.78. The number of rotatable bonds is 5. The molecule has 0 radical (unpaired) electrons. The Hall–Kier alpha value is -1.84. The Balaban J connectivity index is 2.90. The zero-order valence-electron chi connectivity index (χ0n) is 12.5. The van der Waals surface area contributed by atoms with Gasteiger partial charge in [-0.3, -0.25) is 9.59 Å². The third-order valence-electron chi connectivity index (χ3n) is 3.06. The Morgan fingerprint density at radius 1 is 1.20 bits per heavy atom. The fourth-order valence-corrected chi connectivity index (χ4v) is 2.01. The van der Waals surface area contributed by atoms with Gasteiger partial charge in [-0.1, -0.05) is 51.1 Å². The number of carboxylic acid groups (broad SMARTS) is 1. The van der Waals surface area contributed by atoms with Crippen LogP contribution in [0.1, 0.15) is 45.7 Å². The van der Waals surface area contributed by atoms with Crippen molar-refractivity contribution in [2.75, 3.05) is 0 Å². The summed E-state index contributed by atoms with van der Waals surface area (Å²) >= 11 is 0. The lowest BCUT2D eigenvalue weighted by molar-refractivity contribution is -0.142. The molecule has 0 aliphatic carbocycles. The Morgan fingerprint density at radius 2 is 1.75 bits per heavy atom. The third-order valence-corrected chi connectivity index (χ3v) is 3.06. The first-order valence-corrected chi connectivity index (χ1v) is 6.78. The molecule has 2 N–H and O–H groups in total. The van der Waals surface area contributed by atoms with Crippen LogP contribution in [0, 0.1) is 11.3 Å². The van der Waals surface area contributed by atoms with Crippen molar-refractivity contribution < 1.29 is 14.7 Å². The van der Waals surface area contributed by atoms with Gasteiger partial charge in [0.25, 0.3) is 0 Å². The van der Waals surface area contributed by atoms with E-state index in [4.69, 9.17) is 0 Å². The van der Waals surface area contributed by atoms with Crippen molar-refractivity contribution in [2.45, 2.75) is 40.2 Å². The minimum atomic E-state index is -0.921. The van der Waals surface area contributed by atoms with E-state index in [1.807, 2.05) is 51.1 Å². The highest BCUT2D eigenvalue weighted by molar-refractivity contribution is 5.78. The molecule has 0 aliphatic heterocycles. The molecule has 0 heterocycles. The number of carbonyl (C=O) groups excluding carboxylic acids is 1. The summed E-state index contributed by atoms with van der Waals surface area (Å²) in [7, 11) is 0. The van der Waals surface area contributed by atoms with Gasteiger partial charge in [0.2, 0.25) is 5.91 Å². The minimum Gasteiger partial charge on any atom is -0.481 e. The quantitative estimate of drug-likeness (QED) is 0.869. The van der Waals surface area contributed by atoms with Crippen LogP contribution in [0.2, 0.25) is 0 Å². The van der Waals surface area contributed by atoms with Crippen LogP contribution < -0.4 is 5.32 Å². The topological polar surface area (TPSA) is 66.4 Å². The van der Waals surface area contributed by atoms with E-state index in [0.29, 0.717) is 6.42 Å². The number of carboxylic acids is 1. The van der Waals surface area contributed by atoms with Crippen molar-refractivity contribution in [3.05, 3.63) is 35.9 Å². The Labute approximate surface area is 120 Å². The van der Waals surface area contributed by atoms with Gasteiger partial charge in [0, 0.05) is 6.42 Å². The molecule has 4 nitrogen and oxygen atoms in total. The molecule has 4 heteroatoms. The summed E-state index contributed by atoms with van der Waals surface area (Å²) in [6.45, 7) is 7.54. The number of hydrogen-bond donors (Lipinski definition) is 2. The van der Waals surface area contributed by atoms with Crippen molar-refractivity contribution in [3.8, 4) is 0 Å². The maximum Gasteiger partial charge on any atom is 0.308 e. The molecule has 0 aliphatic rings. The van der Waals surface area contributed by atoms with E-state index in [9.17, 15) is 14.7 Å². The molecule has 2 atom stereocenters. The molecule has 2 unspecified atom stereocenters. The van der Waals surface area contributed by atoms with Gasteiger partial charge in [0.1, 0.15) is 0 Å². The van der Waals surface area contributed by atoms with Crippen LogP contribution in [0.25, 0.3) is 0 Å². The summed E-state index contributed by atoms with van der Waals surface area (Å²) in [5.74, 6) is -1.73. The zero-order valence-corrected chi connectivity index (χ0v) is 12.5. The fraction of sp³-hybridized carbons (Fsp3) is 0.500. The standard InChI is InChI=1S/C16H23NO3/c1-11(15(19)20)14(12-8-6-5-7-9-12)17-13(18)10-16(2,3)4/h5-9,11,14H,10H2,1-4H3,(H,17,18)(H,19,20). The molecule has 1 aromatic carbocycles. The minimum absolute atomic E-state index is 0.126. The average Bonchev–Trinajstić information content (AvgIpc) is 2.34. The predicted octanol–water partition coefficient (Wildman–Crippen LogP) is 3.00. The average molecular weight is 277 g/mol. The molecule has 0 bridgehead atoms. The molecule has 0 saturated carbocycles. The van der Waals surface area contributed by atoms with Gasteiger partial charge < -0.3 is 10.4 Å². The van der Waals surface area contributed by atoms with Crippen LogP contribution >= 0.6 is 0 Å². The van der Waals surface area contributed by atoms with E-state index in [1.165, 1.54) is 0 Å². The van der Waals surface area contributed by atoms with Gasteiger partial charge >= 0.3 is 5.97 Å². The molecule has 1 amide bonds. The maximum atomic E-state index is 12.1. The molecule has 0 fully saturated rings. The highest BCUT2D eigenvalue weighted by Gasteiger charge is 2.27. The number of carbonyl (C=O) groups is 2. The molecule has 0 spiro atoms. The van der Waals surface area contributed by atoms with E-state index in [0.717, 1.165) is 5.56 Å². The van der Waals surface area contributed by atoms with Crippen molar-refractivity contribution in [2.24, 2.45) is 11.3 Å².